The van der Waals surface area contributed by atoms with Gasteiger partial charge in [0.2, 0.25) is 0 Å². The normalized spacial score (nSPS) is 15.8. The quantitative estimate of drug-likeness (QED) is 0.303. The van der Waals surface area contributed by atoms with Crippen molar-refractivity contribution in [2.75, 3.05) is 5.32 Å². The molecule has 0 radical (unpaired) electrons. The van der Waals surface area contributed by atoms with Crippen LogP contribution in [0, 0.1) is 0 Å². The Morgan fingerprint density at radius 2 is 1.48 bits per heavy atom. The number of nitrogens with one attached hydrogen (secondary N) is 1. The Morgan fingerprint density at radius 1 is 0.929 bits per heavy atom. The predicted octanol–water partition coefficient (Wildman–Crippen LogP) is 6.17. The van der Waals surface area contributed by atoms with Crippen molar-refractivity contribution in [1.82, 2.24) is 4.57 Å². The Hall–Kier alpha value is -4.23. The van der Waals surface area contributed by atoms with E-state index in [-0.39, 0.29) is 22.3 Å². The van der Waals surface area contributed by atoms with Gasteiger partial charge in [0.05, 0.1) is 21.8 Å². The van der Waals surface area contributed by atoms with Crippen LogP contribution in [0.4, 0.5) is 5.69 Å². The zero-order chi connectivity index (χ0) is 30.4. The first kappa shape index (κ1) is 29.3. The number of anilines is 1. The molecule has 42 heavy (non-hydrogen) atoms. The summed E-state index contributed by atoms with van der Waals surface area (Å²) in [5.74, 6) is -0.00358. The maximum atomic E-state index is 14.1. The molecule has 7 heteroatoms. The summed E-state index contributed by atoms with van der Waals surface area (Å²) in [6, 6.07) is 22.1. The number of fused-ring (bicyclic) bond motifs is 1. The Balaban J connectivity index is 1.70. The van der Waals surface area contributed by atoms with Gasteiger partial charge in [-0.15, -0.1) is 0 Å². The van der Waals surface area contributed by atoms with Crippen LogP contribution >= 0.6 is 11.3 Å². The van der Waals surface area contributed by atoms with Gasteiger partial charge in [0, 0.05) is 16.8 Å². The van der Waals surface area contributed by atoms with E-state index >= 15 is 0 Å². The van der Waals surface area contributed by atoms with Gasteiger partial charge in [0.15, 0.2) is 4.80 Å². The monoisotopic (exact) mass is 579 g/mol. The Labute approximate surface area is 250 Å². The minimum absolute atomic E-state index is 0.215. The lowest BCUT2D eigenvalue weighted by Gasteiger charge is -2.27. The van der Waals surface area contributed by atoms with Gasteiger partial charge in [-0.25, -0.2) is 4.99 Å². The molecule has 0 fully saturated rings. The van der Waals surface area contributed by atoms with E-state index < -0.39 is 6.04 Å². The average molecular weight is 580 g/mol. The number of carbonyl (C=O) groups excluding carboxylic acids is 1. The van der Waals surface area contributed by atoms with Crippen LogP contribution < -0.4 is 20.2 Å². The van der Waals surface area contributed by atoms with Gasteiger partial charge in [-0.3, -0.25) is 14.2 Å². The van der Waals surface area contributed by atoms with Crippen LogP contribution in [0.1, 0.15) is 76.8 Å². The van der Waals surface area contributed by atoms with E-state index in [0.717, 1.165) is 22.3 Å². The van der Waals surface area contributed by atoms with Crippen LogP contribution in [-0.4, -0.2) is 15.6 Å². The number of thiazole rings is 1. The molecule has 1 aliphatic rings. The summed E-state index contributed by atoms with van der Waals surface area (Å²) in [4.78, 5) is 33.1. The van der Waals surface area contributed by atoms with Gasteiger partial charge in [-0.2, -0.15) is 0 Å². The van der Waals surface area contributed by atoms with E-state index in [9.17, 15) is 14.7 Å². The maximum Gasteiger partial charge on any atom is 0.271 e. The molecule has 0 saturated carbocycles. The van der Waals surface area contributed by atoms with E-state index in [1.165, 1.54) is 11.3 Å². The highest BCUT2D eigenvalue weighted by Gasteiger charge is 2.32. The van der Waals surface area contributed by atoms with Crippen LogP contribution in [0.2, 0.25) is 0 Å². The molecule has 6 nitrogen and oxygen atoms in total. The molecular weight excluding hydrogens is 542 g/mol. The maximum absolute atomic E-state index is 14.1. The number of carbonyl (C=O) groups is 1. The number of rotatable bonds is 4. The number of phenols is 1. The summed E-state index contributed by atoms with van der Waals surface area (Å²) >= 11 is 1.31. The van der Waals surface area contributed by atoms with Gasteiger partial charge < -0.3 is 10.4 Å². The van der Waals surface area contributed by atoms with E-state index in [2.05, 4.69) is 46.9 Å². The van der Waals surface area contributed by atoms with Crippen molar-refractivity contribution in [3.05, 3.63) is 126 Å². The predicted molar refractivity (Wildman–Crippen MR) is 171 cm³/mol. The van der Waals surface area contributed by atoms with Crippen molar-refractivity contribution in [2.45, 2.75) is 65.3 Å². The summed E-state index contributed by atoms with van der Waals surface area (Å²) in [7, 11) is 0. The van der Waals surface area contributed by atoms with Crippen LogP contribution in [-0.2, 0) is 15.6 Å². The number of aromatic nitrogens is 1. The zero-order valence-electron chi connectivity index (χ0n) is 25.1. The van der Waals surface area contributed by atoms with Gasteiger partial charge in [0.25, 0.3) is 11.5 Å². The standard InChI is InChI=1S/C35H37N3O3S/c1-21-28(31(40)37-24-16-12-9-13-17-24)29(23-14-10-8-11-15-23)38-32(41)27(42-33(38)36-21)20-22-18-25(34(2,3)4)30(39)26(19-22)35(5,6)7/h8-20,29,39H,1-7H3,(H,37,40)/b27-20-/t29-/m1/s1. The molecule has 0 spiro atoms. The minimum Gasteiger partial charge on any atom is -0.507 e. The van der Waals surface area contributed by atoms with Gasteiger partial charge in [0.1, 0.15) is 5.75 Å². The molecule has 4 aromatic rings. The van der Waals surface area contributed by atoms with Crippen molar-refractivity contribution in [1.29, 1.82) is 0 Å². The third kappa shape index (κ3) is 5.61. The molecule has 0 saturated heterocycles. The zero-order valence-corrected chi connectivity index (χ0v) is 26.0. The molecule has 2 N–H and O–H groups in total. The Morgan fingerprint density at radius 3 is 2.02 bits per heavy atom. The smallest absolute Gasteiger partial charge is 0.271 e. The highest BCUT2D eigenvalue weighted by Crippen LogP contribution is 2.40. The Kier molecular flexibility index (Phi) is 7.58. The molecule has 0 aliphatic carbocycles. The molecular formula is C35H37N3O3S. The minimum atomic E-state index is -0.636. The number of benzene rings is 3. The largest absolute Gasteiger partial charge is 0.507 e. The number of hydrogen-bond donors (Lipinski definition) is 2. The number of hydrogen-bond acceptors (Lipinski definition) is 5. The number of amides is 1. The van der Waals surface area contributed by atoms with Gasteiger partial charge >= 0.3 is 0 Å². The molecule has 0 unspecified atom stereocenters. The van der Waals surface area contributed by atoms with Gasteiger partial charge in [-0.05, 0) is 59.2 Å². The topological polar surface area (TPSA) is 83.7 Å². The average Bonchev–Trinajstić information content (AvgIpc) is 3.22. The van der Waals surface area contributed by atoms with E-state index in [1.54, 1.807) is 4.57 Å². The molecule has 216 valence electrons. The first-order chi connectivity index (χ1) is 19.8. The van der Waals surface area contributed by atoms with E-state index in [4.69, 9.17) is 4.99 Å². The lowest BCUT2D eigenvalue weighted by molar-refractivity contribution is -0.113. The number of phenolic OH excluding ortho intramolecular Hbond substituents is 1. The molecule has 1 aliphatic heterocycles. The van der Waals surface area contributed by atoms with E-state index in [1.807, 2.05) is 85.8 Å². The lowest BCUT2D eigenvalue weighted by atomic mass is 9.78. The van der Waals surface area contributed by atoms with E-state index in [0.29, 0.717) is 32.0 Å². The second kappa shape index (κ2) is 10.9. The Bertz CT molecular complexity index is 1840. The second-order valence-corrected chi connectivity index (χ2v) is 13.8. The first-order valence-corrected chi connectivity index (χ1v) is 14.9. The molecule has 1 atom stereocenters. The van der Waals surface area contributed by atoms with Crippen molar-refractivity contribution < 1.29 is 9.90 Å². The van der Waals surface area contributed by atoms with Crippen molar-refractivity contribution in [3.63, 3.8) is 0 Å². The fourth-order valence-corrected chi connectivity index (χ4v) is 6.36. The highest BCUT2D eigenvalue weighted by atomic mass is 32.1. The fourth-order valence-electron chi connectivity index (χ4n) is 5.32. The third-order valence-electron chi connectivity index (χ3n) is 7.46. The summed E-state index contributed by atoms with van der Waals surface area (Å²) in [6.45, 7) is 14.2. The number of nitrogens with zero attached hydrogens (tertiary/aromatic N) is 2. The SMILES string of the molecule is CC1=C(C(=O)Nc2ccccc2)[C@@H](c2ccccc2)n2c(s/c(=C\c3cc(C(C)(C)C)c(O)c(C(C)(C)C)c3)c2=O)=N1. The third-order valence-corrected chi connectivity index (χ3v) is 8.44. The van der Waals surface area contributed by atoms with Crippen molar-refractivity contribution in [2.24, 2.45) is 4.99 Å². The first-order valence-electron chi connectivity index (χ1n) is 14.1. The molecule has 5 rings (SSSR count). The lowest BCUT2D eigenvalue weighted by Crippen LogP contribution is -2.40. The summed E-state index contributed by atoms with van der Waals surface area (Å²) in [6.07, 6.45) is 1.87. The van der Waals surface area contributed by atoms with Gasteiger partial charge in [-0.1, -0.05) is 101 Å². The number of aromatic hydroxyl groups is 1. The molecule has 2 heterocycles. The van der Waals surface area contributed by atoms with Crippen LogP contribution in [0.25, 0.3) is 6.08 Å². The number of allylic oxidation sites excluding steroid dienone is 1. The summed E-state index contributed by atoms with van der Waals surface area (Å²) < 4.78 is 2.15. The summed E-state index contributed by atoms with van der Waals surface area (Å²) in [5, 5.41) is 14.2. The molecule has 3 aromatic carbocycles. The molecule has 0 bridgehead atoms. The van der Waals surface area contributed by atoms with Crippen LogP contribution in [0.15, 0.2) is 93.9 Å². The fraction of sp³-hybridized carbons (Fsp3) is 0.286. The van der Waals surface area contributed by atoms with Crippen LogP contribution in [0.5, 0.6) is 5.75 Å². The summed E-state index contributed by atoms with van der Waals surface area (Å²) in [5.41, 5.74) is 4.17. The van der Waals surface area contributed by atoms with Crippen molar-refractivity contribution >= 4 is 29.0 Å². The van der Waals surface area contributed by atoms with Crippen LogP contribution in [0.3, 0.4) is 0 Å². The molecule has 1 aromatic heterocycles. The van der Waals surface area contributed by atoms with Crippen molar-refractivity contribution in [3.8, 4) is 5.75 Å². The molecule has 1 amide bonds. The highest BCUT2D eigenvalue weighted by molar-refractivity contribution is 7.07. The number of para-hydroxylation sites is 1. The second-order valence-electron chi connectivity index (χ2n) is 12.8.